The molecule has 28 heavy (non-hydrogen) atoms. The molecule has 1 heterocycles. The highest BCUT2D eigenvalue weighted by Crippen LogP contribution is 2.18. The summed E-state index contributed by atoms with van der Waals surface area (Å²) in [4.78, 5) is 28.3. The summed E-state index contributed by atoms with van der Waals surface area (Å²) in [6, 6.07) is 15.5. The van der Waals surface area contributed by atoms with E-state index in [0.29, 0.717) is 31.8 Å². The molecule has 1 saturated heterocycles. The van der Waals surface area contributed by atoms with Crippen LogP contribution < -0.4 is 10.2 Å². The van der Waals surface area contributed by atoms with E-state index in [0.717, 1.165) is 24.3 Å². The molecule has 0 radical (unpaired) electrons. The first kappa shape index (κ1) is 19.7. The molecule has 2 aromatic rings. The Morgan fingerprint density at radius 2 is 1.68 bits per heavy atom. The van der Waals surface area contributed by atoms with E-state index < -0.39 is 0 Å². The monoisotopic (exact) mass is 381 g/mol. The number of hydrogen-bond acceptors (Lipinski definition) is 4. The van der Waals surface area contributed by atoms with Gasteiger partial charge in [0.25, 0.3) is 0 Å². The molecule has 0 spiro atoms. The van der Waals surface area contributed by atoms with Crippen LogP contribution in [-0.4, -0.2) is 49.7 Å². The van der Waals surface area contributed by atoms with Crippen LogP contribution in [0.3, 0.4) is 0 Å². The molecular weight excluding hydrogens is 354 g/mol. The van der Waals surface area contributed by atoms with Crippen molar-refractivity contribution in [3.8, 4) is 0 Å². The summed E-state index contributed by atoms with van der Waals surface area (Å²) >= 11 is 0. The van der Waals surface area contributed by atoms with Crippen molar-refractivity contribution in [1.29, 1.82) is 0 Å². The zero-order valence-electron chi connectivity index (χ0n) is 16.5. The standard InChI is InChI=1S/C22H27N3O3/c1-3-28-21(26)18-8-10-20(11-9-18)24-12-14-25(15-13-24)22(27)23-16-19-7-5-4-6-17(19)2/h4-11H,3,12-16H2,1-2H3,(H,23,27). The summed E-state index contributed by atoms with van der Waals surface area (Å²) in [5, 5.41) is 3.01. The first-order valence-corrected chi connectivity index (χ1v) is 9.68. The van der Waals surface area contributed by atoms with Crippen molar-refractivity contribution in [2.24, 2.45) is 0 Å². The van der Waals surface area contributed by atoms with Gasteiger partial charge in [-0.15, -0.1) is 0 Å². The highest BCUT2D eigenvalue weighted by molar-refractivity contribution is 5.89. The minimum absolute atomic E-state index is 0.0273. The van der Waals surface area contributed by atoms with Crippen LogP contribution in [0, 0.1) is 6.92 Å². The number of piperazine rings is 1. The van der Waals surface area contributed by atoms with Gasteiger partial charge in [0.05, 0.1) is 12.2 Å². The molecular formula is C22H27N3O3. The van der Waals surface area contributed by atoms with E-state index in [1.807, 2.05) is 48.2 Å². The molecule has 0 unspecified atom stereocenters. The largest absolute Gasteiger partial charge is 0.462 e. The average Bonchev–Trinajstić information content (AvgIpc) is 2.73. The topological polar surface area (TPSA) is 61.9 Å². The third-order valence-electron chi connectivity index (χ3n) is 5.00. The summed E-state index contributed by atoms with van der Waals surface area (Å²) in [5.41, 5.74) is 3.92. The molecule has 0 aliphatic carbocycles. The van der Waals surface area contributed by atoms with Gasteiger partial charge in [0, 0.05) is 38.4 Å². The Kier molecular flexibility index (Phi) is 6.53. The maximum absolute atomic E-state index is 12.5. The Hall–Kier alpha value is -3.02. The molecule has 1 fully saturated rings. The van der Waals surface area contributed by atoms with Gasteiger partial charge in [-0.3, -0.25) is 0 Å². The van der Waals surface area contributed by atoms with Crippen molar-refractivity contribution in [2.75, 3.05) is 37.7 Å². The number of benzene rings is 2. The van der Waals surface area contributed by atoms with E-state index in [9.17, 15) is 9.59 Å². The Balaban J connectivity index is 1.49. The average molecular weight is 381 g/mol. The maximum Gasteiger partial charge on any atom is 0.338 e. The molecule has 0 atom stereocenters. The van der Waals surface area contributed by atoms with Gasteiger partial charge in [0.2, 0.25) is 0 Å². The van der Waals surface area contributed by atoms with Crippen molar-refractivity contribution in [3.05, 3.63) is 65.2 Å². The van der Waals surface area contributed by atoms with Crippen LogP contribution in [-0.2, 0) is 11.3 Å². The molecule has 0 aromatic heterocycles. The van der Waals surface area contributed by atoms with E-state index in [1.54, 1.807) is 19.1 Å². The molecule has 6 heteroatoms. The number of urea groups is 1. The normalized spacial score (nSPS) is 13.9. The Morgan fingerprint density at radius 3 is 2.32 bits per heavy atom. The quantitative estimate of drug-likeness (QED) is 0.808. The van der Waals surface area contributed by atoms with Crippen molar-refractivity contribution < 1.29 is 14.3 Å². The second-order valence-electron chi connectivity index (χ2n) is 6.83. The molecule has 1 N–H and O–H groups in total. The van der Waals surface area contributed by atoms with Crippen molar-refractivity contribution in [2.45, 2.75) is 20.4 Å². The minimum Gasteiger partial charge on any atom is -0.462 e. The summed E-state index contributed by atoms with van der Waals surface area (Å²) in [7, 11) is 0. The van der Waals surface area contributed by atoms with Gasteiger partial charge < -0.3 is 19.9 Å². The van der Waals surface area contributed by atoms with Gasteiger partial charge in [-0.05, 0) is 49.2 Å². The van der Waals surface area contributed by atoms with Crippen LogP contribution in [0.4, 0.5) is 10.5 Å². The van der Waals surface area contributed by atoms with E-state index >= 15 is 0 Å². The summed E-state index contributed by atoms with van der Waals surface area (Å²) in [6.45, 7) is 7.61. The van der Waals surface area contributed by atoms with Gasteiger partial charge >= 0.3 is 12.0 Å². The number of amides is 2. The fraction of sp³-hybridized carbons (Fsp3) is 0.364. The van der Waals surface area contributed by atoms with Crippen LogP contribution in [0.25, 0.3) is 0 Å². The number of esters is 1. The first-order valence-electron chi connectivity index (χ1n) is 9.68. The minimum atomic E-state index is -0.302. The summed E-state index contributed by atoms with van der Waals surface area (Å²) < 4.78 is 5.01. The molecule has 3 rings (SSSR count). The summed E-state index contributed by atoms with van der Waals surface area (Å²) in [5.74, 6) is -0.302. The van der Waals surface area contributed by atoms with Gasteiger partial charge in [0.1, 0.15) is 0 Å². The molecule has 0 saturated carbocycles. The number of rotatable bonds is 5. The molecule has 1 aliphatic heterocycles. The Labute approximate surface area is 166 Å². The SMILES string of the molecule is CCOC(=O)c1ccc(N2CCN(C(=O)NCc3ccccc3C)CC2)cc1. The molecule has 2 aromatic carbocycles. The number of hydrogen-bond donors (Lipinski definition) is 1. The first-order chi connectivity index (χ1) is 13.6. The lowest BCUT2D eigenvalue weighted by Crippen LogP contribution is -2.51. The second-order valence-corrected chi connectivity index (χ2v) is 6.83. The van der Waals surface area contributed by atoms with Crippen LogP contribution in [0.15, 0.2) is 48.5 Å². The van der Waals surface area contributed by atoms with Crippen LogP contribution in [0.2, 0.25) is 0 Å². The van der Waals surface area contributed by atoms with E-state index in [2.05, 4.69) is 10.2 Å². The number of nitrogens with one attached hydrogen (secondary N) is 1. The lowest BCUT2D eigenvalue weighted by Gasteiger charge is -2.36. The second kappa shape index (κ2) is 9.26. The fourth-order valence-electron chi connectivity index (χ4n) is 3.28. The van der Waals surface area contributed by atoms with E-state index in [4.69, 9.17) is 4.74 Å². The number of carbonyl (C=O) groups is 2. The number of nitrogens with zero attached hydrogens (tertiary/aromatic N) is 2. The lowest BCUT2D eigenvalue weighted by atomic mass is 10.1. The Morgan fingerprint density at radius 1 is 1.00 bits per heavy atom. The van der Waals surface area contributed by atoms with Crippen molar-refractivity contribution >= 4 is 17.7 Å². The van der Waals surface area contributed by atoms with E-state index in [1.165, 1.54) is 5.56 Å². The smallest absolute Gasteiger partial charge is 0.338 e. The van der Waals surface area contributed by atoms with Crippen LogP contribution >= 0.6 is 0 Å². The molecule has 6 nitrogen and oxygen atoms in total. The third kappa shape index (κ3) is 4.82. The van der Waals surface area contributed by atoms with Gasteiger partial charge in [-0.1, -0.05) is 24.3 Å². The van der Waals surface area contributed by atoms with E-state index in [-0.39, 0.29) is 12.0 Å². The van der Waals surface area contributed by atoms with Crippen molar-refractivity contribution in [3.63, 3.8) is 0 Å². The van der Waals surface area contributed by atoms with Gasteiger partial charge in [0.15, 0.2) is 0 Å². The fourth-order valence-corrected chi connectivity index (χ4v) is 3.28. The summed E-state index contributed by atoms with van der Waals surface area (Å²) in [6.07, 6.45) is 0. The molecule has 148 valence electrons. The van der Waals surface area contributed by atoms with Crippen LogP contribution in [0.1, 0.15) is 28.4 Å². The molecule has 1 aliphatic rings. The highest BCUT2D eigenvalue weighted by Gasteiger charge is 2.21. The number of aryl methyl sites for hydroxylation is 1. The number of ether oxygens (including phenoxy) is 1. The van der Waals surface area contributed by atoms with Crippen LogP contribution in [0.5, 0.6) is 0 Å². The molecule has 2 amide bonds. The number of carbonyl (C=O) groups excluding carboxylic acids is 2. The lowest BCUT2D eigenvalue weighted by molar-refractivity contribution is 0.0526. The number of anilines is 1. The van der Waals surface area contributed by atoms with Gasteiger partial charge in [-0.25, -0.2) is 9.59 Å². The Bertz CT molecular complexity index is 812. The zero-order valence-corrected chi connectivity index (χ0v) is 16.5. The predicted octanol–water partition coefficient (Wildman–Crippen LogP) is 3.20. The van der Waals surface area contributed by atoms with Gasteiger partial charge in [-0.2, -0.15) is 0 Å². The maximum atomic E-state index is 12.5. The highest BCUT2D eigenvalue weighted by atomic mass is 16.5. The van der Waals surface area contributed by atoms with Crippen molar-refractivity contribution in [1.82, 2.24) is 10.2 Å². The third-order valence-corrected chi connectivity index (χ3v) is 5.00. The molecule has 0 bridgehead atoms. The zero-order chi connectivity index (χ0) is 19.9. The predicted molar refractivity (Wildman–Crippen MR) is 110 cm³/mol.